The number of piperidine rings is 1. The van der Waals surface area contributed by atoms with E-state index in [2.05, 4.69) is 15.5 Å². The van der Waals surface area contributed by atoms with Crippen LogP contribution in [0.2, 0.25) is 0 Å². The number of nitrogens with one attached hydrogen (secondary N) is 2. The summed E-state index contributed by atoms with van der Waals surface area (Å²) >= 11 is 0. The zero-order valence-corrected chi connectivity index (χ0v) is 14.9. The van der Waals surface area contributed by atoms with Crippen LogP contribution in [0.3, 0.4) is 0 Å². The minimum atomic E-state index is -0.665. The smallest absolute Gasteiger partial charge is 0.315 e. The van der Waals surface area contributed by atoms with Gasteiger partial charge in [0.25, 0.3) is 0 Å². The first-order valence-electron chi connectivity index (χ1n) is 9.98. The molecule has 1 saturated carbocycles. The van der Waals surface area contributed by atoms with E-state index >= 15 is 0 Å². The van der Waals surface area contributed by atoms with E-state index in [9.17, 15) is 9.90 Å². The first kappa shape index (κ1) is 17.5. The Morgan fingerprint density at radius 2 is 1.72 bits per heavy atom. The summed E-state index contributed by atoms with van der Waals surface area (Å²) in [7, 11) is 0. The third kappa shape index (κ3) is 3.79. The highest BCUT2D eigenvalue weighted by molar-refractivity contribution is 5.74. The minimum Gasteiger partial charge on any atom is -0.389 e. The topological polar surface area (TPSA) is 83.1 Å². The van der Waals surface area contributed by atoms with Gasteiger partial charge in [-0.25, -0.2) is 4.79 Å². The lowest BCUT2D eigenvalue weighted by Gasteiger charge is -2.45. The quantitative estimate of drug-likeness (QED) is 0.704. The normalized spacial score (nSPS) is 40.0. The lowest BCUT2D eigenvalue weighted by Crippen LogP contribution is -2.66. The Labute approximate surface area is 149 Å². The van der Waals surface area contributed by atoms with Crippen LogP contribution in [0.4, 0.5) is 4.79 Å². The number of hydrogen-bond donors (Lipinski definition) is 3. The highest BCUT2D eigenvalue weighted by atomic mass is 16.7. The molecule has 4 fully saturated rings. The number of urea groups is 1. The third-order valence-corrected chi connectivity index (χ3v) is 6.18. The molecule has 1 aliphatic carbocycles. The van der Waals surface area contributed by atoms with Crippen LogP contribution in [0.15, 0.2) is 0 Å². The molecular weight excluding hydrogens is 322 g/mol. The molecule has 142 valence electrons. The molecule has 2 amide bonds. The van der Waals surface area contributed by atoms with Crippen molar-refractivity contribution in [3.8, 4) is 0 Å². The second-order valence-electron chi connectivity index (χ2n) is 7.93. The van der Waals surface area contributed by atoms with Crippen molar-refractivity contribution in [2.75, 3.05) is 19.7 Å². The number of fused-ring (bicyclic) bond motifs is 2. The van der Waals surface area contributed by atoms with E-state index in [1.54, 1.807) is 0 Å². The van der Waals surface area contributed by atoms with Crippen LogP contribution < -0.4 is 10.6 Å². The van der Waals surface area contributed by atoms with E-state index in [0.717, 1.165) is 38.8 Å². The molecule has 3 saturated heterocycles. The molecule has 0 aromatic carbocycles. The number of hydrogen-bond acceptors (Lipinski definition) is 5. The van der Waals surface area contributed by atoms with Crippen LogP contribution in [0.25, 0.3) is 0 Å². The number of nitrogens with zero attached hydrogens (tertiary/aromatic N) is 1. The summed E-state index contributed by atoms with van der Waals surface area (Å²) in [5.74, 6) is 0. The number of likely N-dealkylation sites (tertiary alicyclic amines) is 1. The van der Waals surface area contributed by atoms with Crippen molar-refractivity contribution in [3.05, 3.63) is 0 Å². The number of aliphatic hydroxyl groups is 1. The number of amides is 2. The summed E-state index contributed by atoms with van der Waals surface area (Å²) < 4.78 is 11.7. The lowest BCUT2D eigenvalue weighted by molar-refractivity contribution is -0.183. The van der Waals surface area contributed by atoms with Gasteiger partial charge in [0.1, 0.15) is 6.10 Å². The van der Waals surface area contributed by atoms with Crippen molar-refractivity contribution in [3.63, 3.8) is 0 Å². The van der Waals surface area contributed by atoms with E-state index in [0.29, 0.717) is 6.61 Å². The Morgan fingerprint density at radius 1 is 1.00 bits per heavy atom. The second kappa shape index (κ2) is 7.78. The Morgan fingerprint density at radius 3 is 2.48 bits per heavy atom. The van der Waals surface area contributed by atoms with Gasteiger partial charge >= 0.3 is 6.03 Å². The molecule has 4 aliphatic rings. The predicted molar refractivity (Wildman–Crippen MR) is 92.2 cm³/mol. The fourth-order valence-electron chi connectivity index (χ4n) is 4.81. The minimum absolute atomic E-state index is 0.192. The SMILES string of the molecule is O=C(NC1CCCCC1)NC1C2COC(O2)C(N2CCCCC2)C1O. The molecule has 3 heterocycles. The lowest BCUT2D eigenvalue weighted by atomic mass is 9.93. The monoisotopic (exact) mass is 353 g/mol. The number of carbonyl (C=O) groups excluding carboxylic acids is 1. The van der Waals surface area contributed by atoms with Gasteiger partial charge in [-0.1, -0.05) is 25.7 Å². The largest absolute Gasteiger partial charge is 0.389 e. The Hall–Kier alpha value is -0.890. The second-order valence-corrected chi connectivity index (χ2v) is 7.93. The summed E-state index contributed by atoms with van der Waals surface area (Å²) in [5.41, 5.74) is 0. The molecule has 3 N–H and O–H groups in total. The standard InChI is InChI=1S/C18H31N3O4/c22-16-14(20-18(23)19-12-7-3-1-4-8-12)13-11-24-17(25-13)15(16)21-9-5-2-6-10-21/h12-17,22H,1-11H2,(H2,19,20,23). The molecule has 5 unspecified atom stereocenters. The summed E-state index contributed by atoms with van der Waals surface area (Å²) in [6.45, 7) is 2.34. The highest BCUT2D eigenvalue weighted by Crippen LogP contribution is 2.32. The maximum atomic E-state index is 12.4. The van der Waals surface area contributed by atoms with Crippen LogP contribution >= 0.6 is 0 Å². The Kier molecular flexibility index (Phi) is 5.45. The van der Waals surface area contributed by atoms with Gasteiger partial charge in [-0.05, 0) is 38.8 Å². The van der Waals surface area contributed by atoms with E-state index in [1.807, 2.05) is 0 Å². The highest BCUT2D eigenvalue weighted by Gasteiger charge is 2.52. The van der Waals surface area contributed by atoms with Gasteiger partial charge in [0.15, 0.2) is 6.29 Å². The first-order chi connectivity index (χ1) is 12.2. The van der Waals surface area contributed by atoms with E-state index in [4.69, 9.17) is 9.47 Å². The predicted octanol–water partition coefficient (Wildman–Crippen LogP) is 0.957. The number of aliphatic hydroxyl groups excluding tert-OH is 1. The third-order valence-electron chi connectivity index (χ3n) is 6.18. The van der Waals surface area contributed by atoms with Crippen LogP contribution in [-0.2, 0) is 9.47 Å². The van der Waals surface area contributed by atoms with Crippen LogP contribution in [0.1, 0.15) is 51.4 Å². The maximum absolute atomic E-state index is 12.4. The van der Waals surface area contributed by atoms with Crippen LogP contribution in [-0.4, -0.2) is 72.4 Å². The average molecular weight is 353 g/mol. The molecule has 0 spiro atoms. The van der Waals surface area contributed by atoms with Crippen molar-refractivity contribution in [2.45, 2.75) is 88.0 Å². The fraction of sp³-hybridized carbons (Fsp3) is 0.944. The van der Waals surface area contributed by atoms with Gasteiger partial charge in [0.2, 0.25) is 0 Å². The number of rotatable bonds is 3. The van der Waals surface area contributed by atoms with Gasteiger partial charge in [0, 0.05) is 6.04 Å². The van der Waals surface area contributed by atoms with E-state index < -0.39 is 12.1 Å². The zero-order chi connectivity index (χ0) is 17.2. The summed E-state index contributed by atoms with van der Waals surface area (Å²) in [6.07, 6.45) is 7.90. The van der Waals surface area contributed by atoms with Crippen molar-refractivity contribution in [1.29, 1.82) is 0 Å². The van der Waals surface area contributed by atoms with Crippen LogP contribution in [0, 0.1) is 0 Å². The first-order valence-corrected chi connectivity index (χ1v) is 9.98. The summed E-state index contributed by atoms with van der Waals surface area (Å²) in [6, 6.07) is -0.559. The van der Waals surface area contributed by atoms with Crippen molar-refractivity contribution >= 4 is 6.03 Å². The van der Waals surface area contributed by atoms with Crippen molar-refractivity contribution < 1.29 is 19.4 Å². The molecule has 7 nitrogen and oxygen atoms in total. The molecule has 5 atom stereocenters. The van der Waals surface area contributed by atoms with Gasteiger partial charge in [-0.3, -0.25) is 4.90 Å². The van der Waals surface area contributed by atoms with E-state index in [1.165, 1.54) is 25.7 Å². The molecular formula is C18H31N3O4. The maximum Gasteiger partial charge on any atom is 0.315 e. The van der Waals surface area contributed by atoms with Gasteiger partial charge in [-0.15, -0.1) is 0 Å². The van der Waals surface area contributed by atoms with E-state index in [-0.39, 0.29) is 30.5 Å². The van der Waals surface area contributed by atoms with Crippen LogP contribution in [0.5, 0.6) is 0 Å². The molecule has 0 aromatic rings. The number of carbonyl (C=O) groups is 1. The molecule has 0 aromatic heterocycles. The van der Waals surface area contributed by atoms with Gasteiger partial charge in [0.05, 0.1) is 24.8 Å². The number of ether oxygens (including phenoxy) is 2. The average Bonchev–Trinajstić information content (AvgIpc) is 3.06. The molecule has 3 aliphatic heterocycles. The molecule has 7 heteroatoms. The molecule has 4 rings (SSSR count). The van der Waals surface area contributed by atoms with Crippen molar-refractivity contribution in [1.82, 2.24) is 15.5 Å². The van der Waals surface area contributed by atoms with Gasteiger partial charge in [-0.2, -0.15) is 0 Å². The molecule has 2 bridgehead atoms. The van der Waals surface area contributed by atoms with Crippen molar-refractivity contribution in [2.24, 2.45) is 0 Å². The Bertz CT molecular complexity index is 465. The zero-order valence-electron chi connectivity index (χ0n) is 14.9. The summed E-state index contributed by atoms with van der Waals surface area (Å²) in [4.78, 5) is 14.7. The summed E-state index contributed by atoms with van der Waals surface area (Å²) in [5, 5.41) is 17.0. The molecule has 0 radical (unpaired) electrons. The fourth-order valence-corrected chi connectivity index (χ4v) is 4.81. The Balaban J connectivity index is 1.38. The van der Waals surface area contributed by atoms with Gasteiger partial charge < -0.3 is 25.2 Å². The molecule has 25 heavy (non-hydrogen) atoms.